The summed E-state index contributed by atoms with van der Waals surface area (Å²) in [6, 6.07) is 3.35. The summed E-state index contributed by atoms with van der Waals surface area (Å²) in [6.45, 7) is 3.46. The van der Waals surface area contributed by atoms with Crippen LogP contribution in [0.15, 0.2) is 42.4 Å². The van der Waals surface area contributed by atoms with E-state index >= 15 is 0 Å². The summed E-state index contributed by atoms with van der Waals surface area (Å²) in [5.41, 5.74) is 0.554. The topological polar surface area (TPSA) is 78.6 Å². The molecule has 88 valence electrons. The third-order valence-corrected chi connectivity index (χ3v) is 2.13. The Labute approximate surface area is 112 Å². The standard InChI is InChI=1S/C10H9IN4O2/c1-2-15(7-12)14-9(10(16)17-11)8-4-3-5-13-6-8/h2-7,12H,1H2/b12-7?,14-9-. The number of hydrogen-bond acceptors (Lipinski definition) is 5. The molecule has 0 saturated carbocycles. The Morgan fingerprint density at radius 2 is 2.47 bits per heavy atom. The number of nitrogens with one attached hydrogen (secondary N) is 1. The Balaban J connectivity index is 3.17. The molecule has 0 saturated heterocycles. The molecule has 0 radical (unpaired) electrons. The van der Waals surface area contributed by atoms with Gasteiger partial charge in [0.15, 0.2) is 28.7 Å². The second kappa shape index (κ2) is 6.74. The number of hydrogen-bond donors (Lipinski definition) is 1. The van der Waals surface area contributed by atoms with Crippen molar-refractivity contribution in [2.24, 2.45) is 5.10 Å². The fourth-order valence-corrected chi connectivity index (χ4v) is 1.20. The maximum atomic E-state index is 11.6. The first kappa shape index (κ1) is 13.3. The van der Waals surface area contributed by atoms with Gasteiger partial charge in [-0.2, -0.15) is 5.10 Å². The largest absolute Gasteiger partial charge is 0.390 e. The number of carbonyl (C=O) groups is 1. The van der Waals surface area contributed by atoms with Gasteiger partial charge in [-0.1, -0.05) is 6.58 Å². The first-order valence-corrected chi connectivity index (χ1v) is 5.34. The molecule has 0 aliphatic rings. The quantitative estimate of drug-likeness (QED) is 0.382. The summed E-state index contributed by atoms with van der Waals surface area (Å²) in [6.07, 6.45) is 5.28. The minimum absolute atomic E-state index is 0.0518. The Kier molecular flexibility index (Phi) is 5.27. The number of rotatable bonds is 5. The molecule has 0 spiro atoms. The van der Waals surface area contributed by atoms with E-state index in [2.05, 4.69) is 19.7 Å². The summed E-state index contributed by atoms with van der Waals surface area (Å²) in [4.78, 5) is 15.4. The van der Waals surface area contributed by atoms with Crippen molar-refractivity contribution in [3.05, 3.63) is 42.9 Å². The van der Waals surface area contributed by atoms with E-state index < -0.39 is 5.97 Å². The van der Waals surface area contributed by atoms with Gasteiger partial charge >= 0.3 is 5.97 Å². The summed E-state index contributed by atoms with van der Waals surface area (Å²) >= 11 is 1.47. The van der Waals surface area contributed by atoms with Crippen LogP contribution in [0, 0.1) is 5.41 Å². The number of carbonyl (C=O) groups excluding carboxylic acids is 1. The third-order valence-electron chi connectivity index (χ3n) is 1.73. The van der Waals surface area contributed by atoms with E-state index in [-0.39, 0.29) is 5.71 Å². The van der Waals surface area contributed by atoms with E-state index in [1.807, 2.05) is 0 Å². The summed E-state index contributed by atoms with van der Waals surface area (Å²) in [7, 11) is 0. The predicted octanol–water partition coefficient (Wildman–Crippen LogP) is 1.73. The Hall–Kier alpha value is -1.77. The van der Waals surface area contributed by atoms with Gasteiger partial charge in [0, 0.05) is 24.2 Å². The third kappa shape index (κ3) is 3.63. The predicted molar refractivity (Wildman–Crippen MR) is 71.7 cm³/mol. The molecule has 7 heteroatoms. The number of hydrazone groups is 1. The van der Waals surface area contributed by atoms with Crippen molar-refractivity contribution >= 4 is 41.0 Å². The van der Waals surface area contributed by atoms with Crippen LogP contribution in [-0.2, 0) is 7.86 Å². The molecule has 0 bridgehead atoms. The number of nitrogens with zero attached hydrogens (tertiary/aromatic N) is 3. The van der Waals surface area contributed by atoms with Crippen molar-refractivity contribution in [2.45, 2.75) is 0 Å². The van der Waals surface area contributed by atoms with Crippen LogP contribution in [0.3, 0.4) is 0 Å². The smallest absolute Gasteiger partial charge is 0.368 e. The SMILES string of the molecule is C=CN(C=N)/N=C(\C(=O)OI)c1cccnc1. The second-order valence-electron chi connectivity index (χ2n) is 2.75. The Morgan fingerprint density at radius 1 is 1.71 bits per heavy atom. The van der Waals surface area contributed by atoms with Crippen LogP contribution in [0.4, 0.5) is 0 Å². The fourth-order valence-electron chi connectivity index (χ4n) is 0.994. The number of halogens is 1. The Morgan fingerprint density at radius 3 is 2.94 bits per heavy atom. The molecular weight excluding hydrogens is 335 g/mol. The van der Waals surface area contributed by atoms with Crippen LogP contribution in [0.2, 0.25) is 0 Å². The van der Waals surface area contributed by atoms with Gasteiger partial charge in [-0.05, 0) is 12.1 Å². The van der Waals surface area contributed by atoms with E-state index in [0.29, 0.717) is 5.56 Å². The van der Waals surface area contributed by atoms with Gasteiger partial charge in [-0.25, -0.2) is 9.80 Å². The fraction of sp³-hybridized carbons (Fsp3) is 0. The molecular formula is C10H9IN4O2. The van der Waals surface area contributed by atoms with E-state index in [1.165, 1.54) is 35.4 Å². The summed E-state index contributed by atoms with van der Waals surface area (Å²) in [5.74, 6) is -0.618. The molecule has 1 heterocycles. The normalized spacial score (nSPS) is 10.5. The van der Waals surface area contributed by atoms with Crippen LogP contribution >= 0.6 is 23.0 Å². The van der Waals surface area contributed by atoms with Gasteiger partial charge in [0.05, 0.1) is 0 Å². The Bertz CT molecular complexity index is 439. The first-order chi connectivity index (χ1) is 8.22. The average molecular weight is 344 g/mol. The second-order valence-corrected chi connectivity index (χ2v) is 3.19. The van der Waals surface area contributed by atoms with Crippen LogP contribution < -0.4 is 0 Å². The highest BCUT2D eigenvalue weighted by molar-refractivity contribution is 14.1. The van der Waals surface area contributed by atoms with Crippen molar-refractivity contribution < 1.29 is 7.86 Å². The minimum Gasteiger partial charge on any atom is -0.390 e. The van der Waals surface area contributed by atoms with Gasteiger partial charge in [-0.15, -0.1) is 0 Å². The van der Waals surface area contributed by atoms with Crippen molar-refractivity contribution in [2.75, 3.05) is 0 Å². The van der Waals surface area contributed by atoms with Crippen molar-refractivity contribution in [1.82, 2.24) is 9.99 Å². The molecule has 0 aromatic carbocycles. The summed E-state index contributed by atoms with van der Waals surface area (Å²) in [5, 5.41) is 12.1. The molecule has 0 fully saturated rings. The van der Waals surface area contributed by atoms with Crippen molar-refractivity contribution in [3.8, 4) is 0 Å². The lowest BCUT2D eigenvalue weighted by atomic mass is 10.2. The first-order valence-electron chi connectivity index (χ1n) is 4.46. The number of aromatic nitrogens is 1. The molecule has 17 heavy (non-hydrogen) atoms. The summed E-state index contributed by atoms with van der Waals surface area (Å²) < 4.78 is 4.59. The van der Waals surface area contributed by atoms with Gasteiger partial charge in [0.1, 0.15) is 6.34 Å². The monoisotopic (exact) mass is 344 g/mol. The van der Waals surface area contributed by atoms with E-state index in [9.17, 15) is 4.79 Å². The molecule has 0 aliphatic heterocycles. The van der Waals surface area contributed by atoms with Gasteiger partial charge < -0.3 is 3.07 Å². The van der Waals surface area contributed by atoms with Crippen LogP contribution in [-0.4, -0.2) is 28.0 Å². The van der Waals surface area contributed by atoms with E-state index in [0.717, 1.165) is 11.3 Å². The number of pyridine rings is 1. The maximum Gasteiger partial charge on any atom is 0.368 e. The minimum atomic E-state index is -0.618. The zero-order chi connectivity index (χ0) is 12.7. The highest BCUT2D eigenvalue weighted by Crippen LogP contribution is 2.05. The lowest BCUT2D eigenvalue weighted by Crippen LogP contribution is -2.20. The molecule has 0 aliphatic carbocycles. The molecule has 1 aromatic rings. The zero-order valence-electron chi connectivity index (χ0n) is 8.71. The van der Waals surface area contributed by atoms with Gasteiger partial charge in [0.2, 0.25) is 0 Å². The van der Waals surface area contributed by atoms with E-state index in [4.69, 9.17) is 5.41 Å². The lowest BCUT2D eigenvalue weighted by Gasteiger charge is -2.08. The molecule has 0 atom stereocenters. The van der Waals surface area contributed by atoms with Crippen LogP contribution in [0.5, 0.6) is 0 Å². The zero-order valence-corrected chi connectivity index (χ0v) is 10.9. The van der Waals surface area contributed by atoms with Gasteiger partial charge in [0.25, 0.3) is 0 Å². The molecule has 1 rings (SSSR count). The molecule has 1 aromatic heterocycles. The average Bonchev–Trinajstić information content (AvgIpc) is 2.40. The maximum absolute atomic E-state index is 11.6. The van der Waals surface area contributed by atoms with Crippen molar-refractivity contribution in [3.63, 3.8) is 0 Å². The van der Waals surface area contributed by atoms with Gasteiger partial charge in [-0.3, -0.25) is 10.4 Å². The van der Waals surface area contributed by atoms with E-state index in [1.54, 1.807) is 18.3 Å². The molecule has 0 unspecified atom stereocenters. The molecule has 1 N–H and O–H groups in total. The van der Waals surface area contributed by atoms with Crippen molar-refractivity contribution in [1.29, 1.82) is 5.41 Å². The molecule has 6 nitrogen and oxygen atoms in total. The highest BCUT2D eigenvalue weighted by Gasteiger charge is 2.16. The van der Waals surface area contributed by atoms with Crippen LogP contribution in [0.1, 0.15) is 5.56 Å². The van der Waals surface area contributed by atoms with Crippen LogP contribution in [0.25, 0.3) is 0 Å². The highest BCUT2D eigenvalue weighted by atomic mass is 127. The lowest BCUT2D eigenvalue weighted by molar-refractivity contribution is -0.124. The molecule has 0 amide bonds.